The largest absolute Gasteiger partial charge is 0.480 e. The van der Waals surface area contributed by atoms with Gasteiger partial charge in [0, 0.05) is 12.2 Å². The van der Waals surface area contributed by atoms with Gasteiger partial charge in [0.05, 0.1) is 6.61 Å². The van der Waals surface area contributed by atoms with Crippen LogP contribution in [-0.2, 0) is 23.9 Å². The third kappa shape index (κ3) is 13.4. The Hall–Kier alpha value is -1.81. The van der Waals surface area contributed by atoms with Crippen LogP contribution < -0.4 is 16.4 Å². The Labute approximate surface area is 171 Å². The second-order valence-corrected chi connectivity index (χ2v) is 6.86. The first-order valence-electron chi connectivity index (χ1n) is 9.63. The fourth-order valence-corrected chi connectivity index (χ4v) is 2.57. The van der Waals surface area contributed by atoms with Crippen LogP contribution in [0.1, 0.15) is 58.3 Å². The predicted molar refractivity (Wildman–Crippen MR) is 108 cm³/mol. The highest BCUT2D eigenvalue weighted by atomic mass is 32.1. The van der Waals surface area contributed by atoms with Gasteiger partial charge < -0.3 is 26.2 Å². The van der Waals surface area contributed by atoms with Gasteiger partial charge in [0.25, 0.3) is 0 Å². The van der Waals surface area contributed by atoms with Gasteiger partial charge in [-0.1, -0.05) is 39.0 Å². The molecule has 0 aliphatic carbocycles. The van der Waals surface area contributed by atoms with Crippen LogP contribution in [0.3, 0.4) is 0 Å². The molecule has 162 valence electrons. The highest BCUT2D eigenvalue weighted by Gasteiger charge is 2.21. The minimum atomic E-state index is -1.19. The molecule has 2 amide bonds. The molecule has 0 heterocycles. The van der Waals surface area contributed by atoms with E-state index in [2.05, 4.69) is 30.2 Å². The Kier molecular flexibility index (Phi) is 15.1. The number of ether oxygens (including phenoxy) is 1. The van der Waals surface area contributed by atoms with Crippen molar-refractivity contribution in [2.45, 2.75) is 70.4 Å². The summed E-state index contributed by atoms with van der Waals surface area (Å²) in [6, 6.07) is -1.88. The number of amides is 2. The molecular weight excluding hydrogens is 386 g/mol. The van der Waals surface area contributed by atoms with E-state index in [4.69, 9.17) is 15.6 Å². The van der Waals surface area contributed by atoms with Crippen molar-refractivity contribution < 1.29 is 29.0 Å². The molecule has 2 unspecified atom stereocenters. The summed E-state index contributed by atoms with van der Waals surface area (Å²) in [5, 5.41) is 13.1. The minimum Gasteiger partial charge on any atom is -0.480 e. The molecule has 5 N–H and O–H groups in total. The van der Waals surface area contributed by atoms with Gasteiger partial charge in [-0.15, -0.1) is 0 Å². The molecule has 10 heteroatoms. The van der Waals surface area contributed by atoms with Gasteiger partial charge in [0.15, 0.2) is 0 Å². The molecule has 28 heavy (non-hydrogen) atoms. The monoisotopic (exact) mass is 419 g/mol. The maximum absolute atomic E-state index is 11.9. The molecule has 0 rings (SSSR count). The second-order valence-electron chi connectivity index (χ2n) is 6.49. The van der Waals surface area contributed by atoms with Crippen LogP contribution in [0.5, 0.6) is 0 Å². The molecule has 0 aromatic carbocycles. The fourth-order valence-electron chi connectivity index (χ4n) is 2.31. The highest BCUT2D eigenvalue weighted by molar-refractivity contribution is 7.80. The van der Waals surface area contributed by atoms with Crippen LogP contribution in [-0.4, -0.2) is 59.8 Å². The summed E-state index contributed by atoms with van der Waals surface area (Å²) in [5.74, 6) is -2.87. The van der Waals surface area contributed by atoms with Crippen molar-refractivity contribution in [3.8, 4) is 0 Å². The first-order chi connectivity index (χ1) is 13.3. The van der Waals surface area contributed by atoms with Gasteiger partial charge >= 0.3 is 11.9 Å². The standard InChI is InChI=1S/C18H33N3O6S/c1-2-3-4-5-6-7-10-27-18(26)13(19)8-9-15(22)21-14(12-28)17(25)20-11-16(23)24/h13-14,28H,2-12,19H2,1H3,(H,20,25)(H,21,22)(H,23,24). The maximum atomic E-state index is 11.9. The number of thiol groups is 1. The molecule has 0 aliphatic heterocycles. The number of carbonyl (C=O) groups excluding carboxylic acids is 3. The lowest BCUT2D eigenvalue weighted by molar-refractivity contribution is -0.145. The van der Waals surface area contributed by atoms with Crippen LogP contribution >= 0.6 is 12.6 Å². The zero-order chi connectivity index (χ0) is 21.4. The summed E-state index contributed by atoms with van der Waals surface area (Å²) >= 11 is 3.97. The molecule has 0 fully saturated rings. The Morgan fingerprint density at radius 2 is 1.75 bits per heavy atom. The normalized spacial score (nSPS) is 12.7. The molecule has 0 radical (unpaired) electrons. The number of rotatable bonds is 16. The lowest BCUT2D eigenvalue weighted by Gasteiger charge is -2.16. The summed E-state index contributed by atoms with van der Waals surface area (Å²) in [7, 11) is 0. The zero-order valence-corrected chi connectivity index (χ0v) is 17.3. The van der Waals surface area contributed by atoms with Gasteiger partial charge in [0.1, 0.15) is 18.6 Å². The van der Waals surface area contributed by atoms with E-state index in [1.807, 2.05) is 0 Å². The number of carboxylic acids is 1. The van der Waals surface area contributed by atoms with Crippen molar-refractivity contribution in [3.63, 3.8) is 0 Å². The second kappa shape index (κ2) is 16.2. The number of unbranched alkanes of at least 4 members (excludes halogenated alkanes) is 5. The number of nitrogens with two attached hydrogens (primary N) is 1. The number of carboxylic acid groups (broad SMARTS) is 1. The smallest absolute Gasteiger partial charge is 0.322 e. The third-order valence-corrected chi connectivity index (χ3v) is 4.34. The number of nitrogens with one attached hydrogen (secondary N) is 2. The van der Waals surface area contributed by atoms with Gasteiger partial charge in [-0.2, -0.15) is 12.6 Å². The molecule has 0 aliphatic rings. The van der Waals surface area contributed by atoms with Gasteiger partial charge in [-0.05, 0) is 12.8 Å². The Bertz CT molecular complexity index is 504. The van der Waals surface area contributed by atoms with Crippen molar-refractivity contribution in [1.82, 2.24) is 10.6 Å². The van der Waals surface area contributed by atoms with Crippen LogP contribution in [0.15, 0.2) is 0 Å². The summed E-state index contributed by atoms with van der Waals surface area (Å²) in [4.78, 5) is 45.9. The molecule has 0 saturated carbocycles. The van der Waals surface area contributed by atoms with E-state index in [0.29, 0.717) is 6.61 Å². The minimum absolute atomic E-state index is 0.00352. The number of carbonyl (C=O) groups is 4. The Balaban J connectivity index is 4.03. The lowest BCUT2D eigenvalue weighted by atomic mass is 10.1. The summed E-state index contributed by atoms with van der Waals surface area (Å²) in [5.41, 5.74) is 5.74. The van der Waals surface area contributed by atoms with E-state index in [0.717, 1.165) is 19.3 Å². The van der Waals surface area contributed by atoms with Gasteiger partial charge in [-0.25, -0.2) is 0 Å². The summed E-state index contributed by atoms with van der Waals surface area (Å²) < 4.78 is 5.11. The van der Waals surface area contributed by atoms with Crippen molar-refractivity contribution in [1.29, 1.82) is 0 Å². The summed E-state index contributed by atoms with van der Waals surface area (Å²) in [6.07, 6.45) is 6.49. The van der Waals surface area contributed by atoms with Crippen LogP contribution in [0.4, 0.5) is 0 Å². The Morgan fingerprint density at radius 3 is 2.36 bits per heavy atom. The fraction of sp³-hybridized carbons (Fsp3) is 0.778. The number of hydrogen-bond donors (Lipinski definition) is 5. The molecule has 0 aromatic rings. The van der Waals surface area contributed by atoms with Crippen molar-refractivity contribution in [2.75, 3.05) is 18.9 Å². The maximum Gasteiger partial charge on any atom is 0.322 e. The summed E-state index contributed by atoms with van der Waals surface area (Å²) in [6.45, 7) is 1.92. The molecule has 0 aromatic heterocycles. The highest BCUT2D eigenvalue weighted by Crippen LogP contribution is 2.06. The molecule has 0 bridgehead atoms. The molecule has 0 spiro atoms. The van der Waals surface area contributed by atoms with E-state index in [1.165, 1.54) is 19.3 Å². The van der Waals surface area contributed by atoms with Crippen molar-refractivity contribution in [3.05, 3.63) is 0 Å². The van der Waals surface area contributed by atoms with Crippen LogP contribution in [0, 0.1) is 0 Å². The molecule has 9 nitrogen and oxygen atoms in total. The van der Waals surface area contributed by atoms with E-state index < -0.39 is 42.4 Å². The molecule has 0 saturated heterocycles. The topological polar surface area (TPSA) is 148 Å². The average Bonchev–Trinajstić information content (AvgIpc) is 2.67. The van der Waals surface area contributed by atoms with E-state index in [-0.39, 0.29) is 18.6 Å². The van der Waals surface area contributed by atoms with E-state index in [9.17, 15) is 19.2 Å². The quantitative estimate of drug-likeness (QED) is 0.140. The average molecular weight is 420 g/mol. The van der Waals surface area contributed by atoms with E-state index in [1.54, 1.807) is 0 Å². The number of esters is 1. The number of aliphatic carboxylic acids is 1. The van der Waals surface area contributed by atoms with E-state index >= 15 is 0 Å². The molecular formula is C18H33N3O6S. The van der Waals surface area contributed by atoms with Gasteiger partial charge in [-0.3, -0.25) is 19.2 Å². The number of hydrogen-bond acceptors (Lipinski definition) is 7. The first-order valence-corrected chi connectivity index (χ1v) is 10.3. The zero-order valence-electron chi connectivity index (χ0n) is 16.4. The SMILES string of the molecule is CCCCCCCCOC(=O)C(N)CCC(=O)NC(CS)C(=O)NCC(=O)O. The van der Waals surface area contributed by atoms with Crippen molar-refractivity contribution >= 4 is 36.4 Å². The van der Waals surface area contributed by atoms with Crippen LogP contribution in [0.25, 0.3) is 0 Å². The predicted octanol–water partition coefficient (Wildman–Crippen LogP) is 0.613. The van der Waals surface area contributed by atoms with Crippen molar-refractivity contribution in [2.24, 2.45) is 5.73 Å². The lowest BCUT2D eigenvalue weighted by Crippen LogP contribution is -2.49. The first kappa shape index (κ1) is 26.2. The molecule has 2 atom stereocenters. The Morgan fingerprint density at radius 1 is 1.11 bits per heavy atom. The van der Waals surface area contributed by atoms with Gasteiger partial charge in [0.2, 0.25) is 11.8 Å². The van der Waals surface area contributed by atoms with Crippen LogP contribution in [0.2, 0.25) is 0 Å². The third-order valence-electron chi connectivity index (χ3n) is 3.98.